The van der Waals surface area contributed by atoms with Crippen molar-refractivity contribution in [1.82, 2.24) is 15.3 Å². The number of ether oxygens (including phenoxy) is 2. The lowest BCUT2D eigenvalue weighted by molar-refractivity contribution is -0.149. The molecule has 2 aliphatic rings. The molecule has 1 aromatic carbocycles. The van der Waals surface area contributed by atoms with Crippen LogP contribution in [0.15, 0.2) is 54.4 Å². The minimum Gasteiger partial charge on any atom is -0.462 e. The Morgan fingerprint density at radius 2 is 2.03 bits per heavy atom. The highest BCUT2D eigenvalue weighted by atomic mass is 35.5. The Morgan fingerprint density at radius 3 is 2.67 bits per heavy atom. The van der Waals surface area contributed by atoms with Crippen LogP contribution in [-0.2, 0) is 23.4 Å². The fourth-order valence-corrected chi connectivity index (χ4v) is 5.52. The molecule has 0 saturated carbocycles. The molecule has 0 amide bonds. The van der Waals surface area contributed by atoms with Crippen molar-refractivity contribution in [2.75, 3.05) is 6.61 Å². The number of rotatable bonds is 10. The third-order valence-corrected chi connectivity index (χ3v) is 7.73. The van der Waals surface area contributed by atoms with Crippen molar-refractivity contribution in [3.8, 4) is 5.75 Å². The first-order chi connectivity index (χ1) is 16.9. The van der Waals surface area contributed by atoms with Crippen LogP contribution in [0.1, 0.15) is 27.7 Å². The van der Waals surface area contributed by atoms with Crippen LogP contribution < -0.4 is 14.9 Å². The fraction of sp³-hybridized carbons (Fsp3) is 0.478. The summed E-state index contributed by atoms with van der Waals surface area (Å²) < 4.78 is 36.0. The topological polar surface area (TPSA) is 119 Å². The molecule has 0 spiro atoms. The summed E-state index contributed by atoms with van der Waals surface area (Å²) in [6.45, 7) is 10.3. The van der Waals surface area contributed by atoms with Gasteiger partial charge in [0.2, 0.25) is 0 Å². The average molecular weight is 560 g/mol. The van der Waals surface area contributed by atoms with Gasteiger partial charge in [-0.05, 0) is 57.6 Å². The lowest BCUT2D eigenvalue weighted by Gasteiger charge is -2.34. The zero-order chi connectivity index (χ0) is 26.6. The maximum Gasteiger partial charge on any atom is 0.459 e. The van der Waals surface area contributed by atoms with Crippen molar-refractivity contribution in [2.24, 2.45) is 0 Å². The lowest BCUT2D eigenvalue weighted by Crippen LogP contribution is -2.48. The molecule has 3 rings (SSSR count). The normalized spacial score (nSPS) is 26.8. The number of carbonyl (C=O) groups is 1. The first kappa shape index (κ1) is 28.6. The minimum atomic E-state index is -4.14. The Bertz CT molecular complexity index is 1060. The number of halogens is 1. The number of allylic oxidation sites excluding steroid dienone is 1. The summed E-state index contributed by atoms with van der Waals surface area (Å²) in [5.74, 6) is -0.372. The number of hydrogen-bond acceptors (Lipinski definition) is 8. The maximum absolute atomic E-state index is 13.6. The summed E-state index contributed by atoms with van der Waals surface area (Å²) in [4.78, 5) is 13.9. The van der Waals surface area contributed by atoms with Gasteiger partial charge >= 0.3 is 13.7 Å². The van der Waals surface area contributed by atoms with Gasteiger partial charge in [-0.3, -0.25) is 14.2 Å². The molecule has 36 heavy (non-hydrogen) atoms. The number of hydrogen-bond donors (Lipinski definition) is 3. The largest absolute Gasteiger partial charge is 0.462 e. The summed E-state index contributed by atoms with van der Waals surface area (Å²) in [7, 11) is -4.14. The van der Waals surface area contributed by atoms with E-state index in [4.69, 9.17) is 42.3 Å². The molecule has 0 bridgehead atoms. The molecule has 3 unspecified atom stereocenters. The van der Waals surface area contributed by atoms with Crippen LogP contribution in [0.5, 0.6) is 5.75 Å². The van der Waals surface area contributed by atoms with Crippen molar-refractivity contribution < 1.29 is 33.0 Å². The quantitative estimate of drug-likeness (QED) is 0.169. The lowest BCUT2D eigenvalue weighted by atomic mass is 10.1. The van der Waals surface area contributed by atoms with E-state index >= 15 is 0 Å². The minimum absolute atomic E-state index is 0.254. The van der Waals surface area contributed by atoms with Crippen molar-refractivity contribution >= 4 is 42.6 Å². The smallest absolute Gasteiger partial charge is 0.459 e. The molecule has 0 aromatic heterocycles. The number of esters is 1. The van der Waals surface area contributed by atoms with Crippen LogP contribution in [0.2, 0.25) is 0 Å². The third kappa shape index (κ3) is 7.07. The van der Waals surface area contributed by atoms with Gasteiger partial charge in [-0.15, -0.1) is 11.6 Å². The van der Waals surface area contributed by atoms with E-state index in [0.29, 0.717) is 10.8 Å². The molecule has 1 fully saturated rings. The monoisotopic (exact) mass is 559 g/mol. The van der Waals surface area contributed by atoms with Crippen LogP contribution >= 0.6 is 31.6 Å². The first-order valence-corrected chi connectivity index (χ1v) is 13.7. The Hall–Kier alpha value is -1.98. The molecule has 0 radical (unpaired) electrons. The summed E-state index contributed by atoms with van der Waals surface area (Å²) in [5, 5.41) is 15.7. The maximum atomic E-state index is 13.6. The molecule has 10 nitrogen and oxygen atoms in total. The van der Waals surface area contributed by atoms with E-state index < -0.39 is 43.6 Å². The third-order valence-electron chi connectivity index (χ3n) is 5.30. The molecule has 2 aliphatic heterocycles. The van der Waals surface area contributed by atoms with E-state index in [1.165, 1.54) is 6.92 Å². The number of thiocarbonyl (C=S) groups is 1. The molecular weight excluding hydrogens is 529 g/mol. The zero-order valence-corrected chi connectivity index (χ0v) is 22.9. The Balaban J connectivity index is 1.73. The summed E-state index contributed by atoms with van der Waals surface area (Å²) in [5.41, 5.74) is 1.47. The van der Waals surface area contributed by atoms with E-state index in [0.717, 1.165) is 5.57 Å². The number of alkyl halides is 1. The number of para-hydroxylation sites is 1. The fourth-order valence-electron chi connectivity index (χ4n) is 3.40. The SMILES string of the molecule is C=C1NC(=S)N([C@H]2OC(COP(=O)(N[C@@H](C)C(=O)OC(C)C)Oc3ccccc3)[C@@H](O)C2Cl)C=C1C. The summed E-state index contributed by atoms with van der Waals surface area (Å²) in [6, 6.07) is 7.33. The summed E-state index contributed by atoms with van der Waals surface area (Å²) >= 11 is 11.8. The van der Waals surface area contributed by atoms with Gasteiger partial charge in [-0.1, -0.05) is 24.8 Å². The Morgan fingerprint density at radius 1 is 1.36 bits per heavy atom. The molecule has 6 atom stereocenters. The molecule has 1 saturated heterocycles. The second-order valence-corrected chi connectivity index (χ2v) is 11.2. The highest BCUT2D eigenvalue weighted by Crippen LogP contribution is 2.46. The van der Waals surface area contributed by atoms with Gasteiger partial charge in [0.1, 0.15) is 29.4 Å². The van der Waals surface area contributed by atoms with Crippen molar-refractivity contribution in [3.63, 3.8) is 0 Å². The van der Waals surface area contributed by atoms with Crippen molar-refractivity contribution in [1.29, 1.82) is 0 Å². The molecular formula is C23H31ClN3O7PS. The molecule has 13 heteroatoms. The van der Waals surface area contributed by atoms with Gasteiger partial charge in [0.25, 0.3) is 0 Å². The first-order valence-electron chi connectivity index (χ1n) is 11.3. The van der Waals surface area contributed by atoms with Crippen LogP contribution in [0.25, 0.3) is 0 Å². The van der Waals surface area contributed by atoms with Gasteiger partial charge < -0.3 is 24.4 Å². The van der Waals surface area contributed by atoms with E-state index in [1.54, 1.807) is 55.3 Å². The van der Waals surface area contributed by atoms with E-state index in [1.807, 2.05) is 6.92 Å². The van der Waals surface area contributed by atoms with E-state index in [2.05, 4.69) is 17.0 Å². The van der Waals surface area contributed by atoms with Gasteiger partial charge in [-0.2, -0.15) is 5.09 Å². The van der Waals surface area contributed by atoms with Crippen molar-refractivity contribution in [2.45, 2.75) is 63.7 Å². The van der Waals surface area contributed by atoms with Crippen LogP contribution in [0.4, 0.5) is 0 Å². The Labute approximate surface area is 221 Å². The number of aliphatic hydroxyl groups is 1. The van der Waals surface area contributed by atoms with Gasteiger partial charge in [0.05, 0.1) is 12.7 Å². The predicted octanol–water partition coefficient (Wildman–Crippen LogP) is 3.42. The van der Waals surface area contributed by atoms with Crippen LogP contribution in [0.3, 0.4) is 0 Å². The van der Waals surface area contributed by atoms with Gasteiger partial charge in [0.15, 0.2) is 11.3 Å². The number of nitrogens with one attached hydrogen (secondary N) is 2. The number of benzene rings is 1. The average Bonchev–Trinajstić information content (AvgIpc) is 3.08. The number of nitrogens with zero attached hydrogens (tertiary/aromatic N) is 1. The molecule has 1 aromatic rings. The zero-order valence-electron chi connectivity index (χ0n) is 20.4. The van der Waals surface area contributed by atoms with E-state index in [-0.39, 0.29) is 18.5 Å². The molecule has 3 N–H and O–H groups in total. The standard InChI is InChI=1S/C23H31ClN3O7PS/c1-13(2)32-22(29)16(5)26-35(30,34-17-9-7-6-8-10-17)31-12-18-20(28)19(24)21(33-18)27-11-14(3)15(4)25-23(27)36/h6-11,13,16,18-21,28H,4,12H2,1-3,5H3,(H,25,36)(H,26,30)/t16-,18?,19?,20+,21-,35?/m0/s1. The highest BCUT2D eigenvalue weighted by molar-refractivity contribution is 7.80. The van der Waals surface area contributed by atoms with Crippen molar-refractivity contribution in [3.05, 3.63) is 54.4 Å². The molecule has 198 valence electrons. The predicted molar refractivity (Wildman–Crippen MR) is 139 cm³/mol. The van der Waals surface area contributed by atoms with Crippen LogP contribution in [0, 0.1) is 0 Å². The van der Waals surface area contributed by atoms with Gasteiger partial charge in [-0.25, -0.2) is 4.57 Å². The van der Waals surface area contributed by atoms with Gasteiger partial charge in [0, 0.05) is 11.9 Å². The Kier molecular flexibility index (Phi) is 9.56. The highest BCUT2D eigenvalue weighted by Gasteiger charge is 2.47. The molecule has 0 aliphatic carbocycles. The molecule has 2 heterocycles. The second-order valence-electron chi connectivity index (χ2n) is 8.66. The van der Waals surface area contributed by atoms with E-state index in [9.17, 15) is 14.5 Å². The summed E-state index contributed by atoms with van der Waals surface area (Å²) in [6.07, 6.45) is -1.59. The second kappa shape index (κ2) is 12.0. The number of aliphatic hydroxyl groups excluding tert-OH is 1. The van der Waals surface area contributed by atoms with Crippen LogP contribution in [-0.4, -0.2) is 63.7 Å². The number of carbonyl (C=O) groups excluding carboxylic acids is 1.